The van der Waals surface area contributed by atoms with Gasteiger partial charge in [-0.3, -0.25) is 14.9 Å². The maximum Gasteiger partial charge on any atom is 0.395 e. The summed E-state index contributed by atoms with van der Waals surface area (Å²) in [5.41, 5.74) is -0.553. The van der Waals surface area contributed by atoms with Crippen molar-refractivity contribution in [2.75, 3.05) is 0 Å². The normalized spacial score (nSPS) is 11.0. The third kappa shape index (κ3) is 5.13. The van der Waals surface area contributed by atoms with Crippen LogP contribution in [0.1, 0.15) is 17.0 Å². The molecule has 2 aromatic carbocycles. The minimum Gasteiger partial charge on any atom is -0.489 e. The molecule has 1 aromatic heterocycles. The molecule has 0 atom stereocenters. The zero-order chi connectivity index (χ0) is 21.0. The zero-order valence-electron chi connectivity index (χ0n) is 14.6. The monoisotopic (exact) mass is 433 g/mol. The largest absolute Gasteiger partial charge is 0.489 e. The molecule has 0 aliphatic carbocycles. The molecule has 0 unspecified atom stereocenters. The number of nitrogens with one attached hydrogen (secondary N) is 1. The van der Waals surface area contributed by atoms with Crippen molar-refractivity contribution in [1.82, 2.24) is 9.97 Å². The highest BCUT2D eigenvalue weighted by atomic mass is 35.5. The first-order chi connectivity index (χ1) is 13.8. The molecule has 148 valence electrons. The first kappa shape index (κ1) is 20.4. The van der Waals surface area contributed by atoms with Crippen LogP contribution in [0.5, 0.6) is 11.6 Å². The number of H-pyrrole nitrogens is 1. The molecule has 0 aliphatic rings. The lowest BCUT2D eigenvalue weighted by Crippen LogP contribution is -2.14. The highest BCUT2D eigenvalue weighted by molar-refractivity contribution is 6.35. The van der Waals surface area contributed by atoms with E-state index in [4.69, 9.17) is 27.9 Å². The summed E-state index contributed by atoms with van der Waals surface area (Å²) in [6.07, 6.45) is 3.01. The molecule has 2 N–H and O–H groups in total. The Labute approximate surface area is 174 Å². The van der Waals surface area contributed by atoms with Gasteiger partial charge in [-0.15, -0.1) is 0 Å². The van der Waals surface area contributed by atoms with Crippen LogP contribution in [0.2, 0.25) is 10.0 Å². The van der Waals surface area contributed by atoms with Gasteiger partial charge in [-0.2, -0.15) is 4.98 Å². The molecule has 0 radical (unpaired) electrons. The number of nitrogens with zero attached hydrogens (tertiary/aromatic N) is 2. The maximum absolute atomic E-state index is 11.7. The molecule has 0 fully saturated rings. The summed E-state index contributed by atoms with van der Waals surface area (Å²) in [6.45, 7) is 0.244. The average molecular weight is 434 g/mol. The van der Waals surface area contributed by atoms with Crippen molar-refractivity contribution in [3.63, 3.8) is 0 Å². The van der Waals surface area contributed by atoms with Gasteiger partial charge in [-0.1, -0.05) is 47.5 Å². The van der Waals surface area contributed by atoms with Crippen LogP contribution in [0.3, 0.4) is 0 Å². The second-order valence-corrected chi connectivity index (χ2v) is 6.65. The van der Waals surface area contributed by atoms with Gasteiger partial charge in [0.05, 0.1) is 4.92 Å². The van der Waals surface area contributed by atoms with E-state index < -0.39 is 22.0 Å². The summed E-state index contributed by atoms with van der Waals surface area (Å²) >= 11 is 12.0. The van der Waals surface area contributed by atoms with Crippen LogP contribution < -0.4 is 10.3 Å². The van der Waals surface area contributed by atoms with Crippen molar-refractivity contribution < 1.29 is 14.8 Å². The van der Waals surface area contributed by atoms with Gasteiger partial charge in [0, 0.05) is 15.6 Å². The van der Waals surface area contributed by atoms with Crippen LogP contribution in [0.25, 0.3) is 12.2 Å². The number of rotatable bonds is 6. The first-order valence-electron chi connectivity index (χ1n) is 8.16. The van der Waals surface area contributed by atoms with E-state index in [2.05, 4.69) is 9.97 Å². The molecule has 1 heterocycles. The Morgan fingerprint density at radius 1 is 1.21 bits per heavy atom. The van der Waals surface area contributed by atoms with Crippen molar-refractivity contribution in [2.45, 2.75) is 6.61 Å². The predicted octanol–water partition coefficient (Wildman–Crippen LogP) is 4.44. The maximum atomic E-state index is 11.7. The molecule has 3 aromatic rings. The SMILES string of the molecule is O=c1[nH]c(C=Cc2cccc(OCc3ccc(Cl)cc3Cl)c2)nc(O)c1[N+](=O)[O-]. The fraction of sp³-hybridized carbons (Fsp3) is 0.0526. The van der Waals surface area contributed by atoms with E-state index in [0.717, 1.165) is 5.56 Å². The molecular weight excluding hydrogens is 421 g/mol. The number of ether oxygens (including phenoxy) is 1. The zero-order valence-corrected chi connectivity index (χ0v) is 16.1. The number of nitro groups is 1. The Kier molecular flexibility index (Phi) is 6.16. The molecule has 0 aliphatic heterocycles. The van der Waals surface area contributed by atoms with Crippen LogP contribution in [0.15, 0.2) is 47.3 Å². The Hall–Kier alpha value is -3.36. The number of hydrogen-bond donors (Lipinski definition) is 2. The van der Waals surface area contributed by atoms with Crippen molar-refractivity contribution in [2.24, 2.45) is 0 Å². The Morgan fingerprint density at radius 2 is 2.00 bits per heavy atom. The molecule has 0 amide bonds. The number of benzene rings is 2. The Balaban J connectivity index is 1.74. The van der Waals surface area contributed by atoms with Gasteiger partial charge in [-0.05, 0) is 35.9 Å². The van der Waals surface area contributed by atoms with Gasteiger partial charge >= 0.3 is 11.2 Å². The minimum atomic E-state index is -1.04. The number of aromatic amines is 1. The second-order valence-electron chi connectivity index (χ2n) is 5.81. The van der Waals surface area contributed by atoms with Gasteiger partial charge in [-0.25, -0.2) is 0 Å². The Morgan fingerprint density at radius 3 is 2.69 bits per heavy atom. The predicted molar refractivity (Wildman–Crippen MR) is 109 cm³/mol. The van der Waals surface area contributed by atoms with E-state index in [1.807, 2.05) is 0 Å². The lowest BCUT2D eigenvalue weighted by Gasteiger charge is -2.08. The van der Waals surface area contributed by atoms with Crippen LogP contribution >= 0.6 is 23.2 Å². The Bertz CT molecular complexity index is 1160. The number of hydrogen-bond acceptors (Lipinski definition) is 6. The van der Waals surface area contributed by atoms with Crippen molar-refractivity contribution in [3.05, 3.63) is 89.9 Å². The van der Waals surface area contributed by atoms with E-state index in [9.17, 15) is 20.0 Å². The standard InChI is InChI=1S/C19H13Cl2N3O5/c20-13-6-5-12(15(21)9-13)10-29-14-3-1-2-11(8-14)4-7-16-22-18(25)17(24(27)28)19(26)23-16/h1-9H,10H2,(H2,22,23,25,26). The van der Waals surface area contributed by atoms with Gasteiger partial charge in [0.2, 0.25) is 0 Å². The molecule has 0 saturated carbocycles. The highest BCUT2D eigenvalue weighted by Gasteiger charge is 2.21. The van der Waals surface area contributed by atoms with E-state index in [-0.39, 0.29) is 12.4 Å². The minimum absolute atomic E-state index is 0.0302. The number of halogens is 2. The molecule has 8 nitrogen and oxygen atoms in total. The second kappa shape index (κ2) is 8.76. The third-order valence-corrected chi connectivity index (χ3v) is 4.37. The number of aromatic hydroxyl groups is 1. The topological polar surface area (TPSA) is 118 Å². The fourth-order valence-electron chi connectivity index (χ4n) is 2.40. The molecule has 10 heteroatoms. The van der Waals surface area contributed by atoms with Crippen LogP contribution in [-0.4, -0.2) is 20.0 Å². The summed E-state index contributed by atoms with van der Waals surface area (Å²) in [6, 6.07) is 12.2. The van der Waals surface area contributed by atoms with Gasteiger partial charge < -0.3 is 14.8 Å². The van der Waals surface area contributed by atoms with Gasteiger partial charge in [0.15, 0.2) is 0 Å². The fourth-order valence-corrected chi connectivity index (χ4v) is 2.86. The average Bonchev–Trinajstić information content (AvgIpc) is 2.65. The molecule has 0 spiro atoms. The highest BCUT2D eigenvalue weighted by Crippen LogP contribution is 2.23. The lowest BCUT2D eigenvalue weighted by molar-refractivity contribution is -0.387. The smallest absolute Gasteiger partial charge is 0.395 e. The summed E-state index contributed by atoms with van der Waals surface area (Å²) in [5.74, 6) is -0.404. The van der Waals surface area contributed by atoms with Crippen molar-refractivity contribution in [3.8, 4) is 11.6 Å². The first-order valence-corrected chi connectivity index (χ1v) is 8.91. The number of aromatic nitrogens is 2. The van der Waals surface area contributed by atoms with E-state index in [0.29, 0.717) is 21.4 Å². The molecular formula is C19H13Cl2N3O5. The summed E-state index contributed by atoms with van der Waals surface area (Å²) < 4.78 is 5.74. The lowest BCUT2D eigenvalue weighted by atomic mass is 10.2. The summed E-state index contributed by atoms with van der Waals surface area (Å²) in [4.78, 5) is 27.2. The van der Waals surface area contributed by atoms with Gasteiger partial charge in [0.25, 0.3) is 5.88 Å². The van der Waals surface area contributed by atoms with Crippen LogP contribution in [-0.2, 0) is 6.61 Å². The van der Waals surface area contributed by atoms with E-state index in [1.165, 1.54) is 6.08 Å². The van der Waals surface area contributed by atoms with Crippen molar-refractivity contribution >= 4 is 41.0 Å². The van der Waals surface area contributed by atoms with Gasteiger partial charge in [0.1, 0.15) is 18.2 Å². The molecule has 29 heavy (non-hydrogen) atoms. The van der Waals surface area contributed by atoms with Crippen molar-refractivity contribution in [1.29, 1.82) is 0 Å². The van der Waals surface area contributed by atoms with E-state index in [1.54, 1.807) is 48.5 Å². The molecule has 0 bridgehead atoms. The van der Waals surface area contributed by atoms with E-state index >= 15 is 0 Å². The molecule has 0 saturated heterocycles. The summed E-state index contributed by atoms with van der Waals surface area (Å²) in [5, 5.41) is 21.3. The molecule has 3 rings (SSSR count). The van der Waals surface area contributed by atoms with Crippen LogP contribution in [0, 0.1) is 10.1 Å². The summed E-state index contributed by atoms with van der Waals surface area (Å²) in [7, 11) is 0. The quantitative estimate of drug-likeness (QED) is 0.438. The third-order valence-electron chi connectivity index (χ3n) is 3.78. The van der Waals surface area contributed by atoms with Crippen LogP contribution in [0.4, 0.5) is 5.69 Å².